The van der Waals surface area contributed by atoms with Crippen LogP contribution in [0.4, 0.5) is 22.7 Å². The normalized spacial score (nSPS) is 10.7. The summed E-state index contributed by atoms with van der Waals surface area (Å²) in [5.74, 6) is 0.950. The van der Waals surface area contributed by atoms with Gasteiger partial charge in [-0.15, -0.1) is 0 Å². The van der Waals surface area contributed by atoms with E-state index in [0.717, 1.165) is 22.5 Å². The van der Waals surface area contributed by atoms with Crippen LogP contribution in [0, 0.1) is 6.92 Å². The highest BCUT2D eigenvalue weighted by atomic mass is 16.5. The summed E-state index contributed by atoms with van der Waals surface area (Å²) < 4.78 is 12.1. The lowest BCUT2D eigenvalue weighted by atomic mass is 10.2. The van der Waals surface area contributed by atoms with Gasteiger partial charge in [-0.05, 0) is 49.7 Å². The molecule has 0 fully saturated rings. The number of rotatable bonds is 9. The third-order valence-electron chi connectivity index (χ3n) is 5.48. The van der Waals surface area contributed by atoms with Crippen molar-refractivity contribution in [3.05, 3.63) is 72.6 Å². The van der Waals surface area contributed by atoms with E-state index in [1.54, 1.807) is 16.9 Å². The molecule has 0 bridgehead atoms. The van der Waals surface area contributed by atoms with E-state index >= 15 is 0 Å². The van der Waals surface area contributed by atoms with Crippen LogP contribution in [-0.4, -0.2) is 28.6 Å². The van der Waals surface area contributed by atoms with Gasteiger partial charge in [0.2, 0.25) is 5.91 Å². The average Bonchev–Trinajstić information content (AvgIpc) is 3.17. The maximum Gasteiger partial charge on any atom is 0.305 e. The first kappa shape index (κ1) is 23.6. The Balaban J connectivity index is 1.50. The lowest BCUT2D eigenvalue weighted by Gasteiger charge is -2.13. The third kappa shape index (κ3) is 5.70. The third-order valence-corrected chi connectivity index (χ3v) is 5.48. The molecule has 9 nitrogen and oxygen atoms in total. The fourth-order valence-electron chi connectivity index (χ4n) is 3.64. The predicted octanol–water partition coefficient (Wildman–Crippen LogP) is 5.04. The number of methoxy groups -OCH3 is 1. The number of para-hydroxylation sites is 1. The van der Waals surface area contributed by atoms with E-state index in [1.165, 1.54) is 7.11 Å². The van der Waals surface area contributed by atoms with Gasteiger partial charge in [-0.1, -0.05) is 18.2 Å². The quantitative estimate of drug-likeness (QED) is 0.291. The Hall–Kier alpha value is -4.53. The first-order chi connectivity index (χ1) is 16.9. The maximum absolute atomic E-state index is 12.4. The van der Waals surface area contributed by atoms with Crippen LogP contribution >= 0.6 is 0 Å². The fraction of sp³-hybridized carbons (Fsp3) is 0.192. The summed E-state index contributed by atoms with van der Waals surface area (Å²) in [7, 11) is 1.33. The van der Waals surface area contributed by atoms with E-state index in [0.29, 0.717) is 29.2 Å². The minimum atomic E-state index is -0.335. The highest BCUT2D eigenvalue weighted by molar-refractivity contribution is 5.97. The van der Waals surface area contributed by atoms with E-state index in [9.17, 15) is 9.59 Å². The standard InChI is InChI=1S/C26H27N5O4/c1-17-22(30-23(32)9-6-10-24(33)34-2)16-31-26(17)25(21(27)15-28-31)29-18-11-13-20(14-12-18)35-19-7-4-3-5-8-19/h3-5,7-8,11-16,29H,6,9-10,27H2,1-2H3,(H,30,32). The number of nitrogens with two attached hydrogens (primary N) is 1. The zero-order valence-corrected chi connectivity index (χ0v) is 19.6. The van der Waals surface area contributed by atoms with Gasteiger partial charge in [0.15, 0.2) is 0 Å². The molecule has 4 N–H and O–H groups in total. The number of anilines is 4. The Kier molecular flexibility index (Phi) is 7.15. The number of nitrogens with zero attached hydrogens (tertiary/aromatic N) is 2. The maximum atomic E-state index is 12.4. The number of amides is 1. The zero-order chi connectivity index (χ0) is 24.8. The minimum absolute atomic E-state index is 0.190. The van der Waals surface area contributed by atoms with Crippen molar-refractivity contribution >= 4 is 40.1 Å². The summed E-state index contributed by atoms with van der Waals surface area (Å²) in [6, 6.07) is 17.1. The molecule has 180 valence electrons. The molecule has 4 aromatic rings. The van der Waals surface area contributed by atoms with Crippen molar-refractivity contribution < 1.29 is 19.1 Å². The molecule has 2 heterocycles. The van der Waals surface area contributed by atoms with Crippen molar-refractivity contribution in [3.8, 4) is 11.5 Å². The number of hydrogen-bond acceptors (Lipinski definition) is 7. The molecule has 2 aromatic carbocycles. The van der Waals surface area contributed by atoms with Gasteiger partial charge in [0.1, 0.15) is 11.5 Å². The monoisotopic (exact) mass is 473 g/mol. The van der Waals surface area contributed by atoms with Gasteiger partial charge in [0.05, 0.1) is 42.1 Å². The molecule has 9 heteroatoms. The SMILES string of the molecule is COC(=O)CCCC(=O)Nc1cn2ncc(N)c(Nc3ccc(Oc4ccccc4)cc3)c2c1C. The average molecular weight is 474 g/mol. The number of ether oxygens (including phenoxy) is 2. The van der Waals surface area contributed by atoms with Crippen LogP contribution in [0.5, 0.6) is 11.5 Å². The second kappa shape index (κ2) is 10.6. The number of aryl methyl sites for hydroxylation is 1. The molecule has 0 radical (unpaired) electrons. The Bertz CT molecular complexity index is 1330. The van der Waals surface area contributed by atoms with Gasteiger partial charge < -0.3 is 25.8 Å². The molecule has 1 amide bonds. The van der Waals surface area contributed by atoms with Gasteiger partial charge in [0.25, 0.3) is 0 Å². The molecule has 0 aliphatic rings. The number of nitrogen functional groups attached to an aromatic ring is 1. The predicted molar refractivity (Wildman–Crippen MR) is 135 cm³/mol. The Labute approximate surface area is 202 Å². The number of benzene rings is 2. The number of aromatic nitrogens is 2. The number of esters is 1. The van der Waals surface area contributed by atoms with Crippen molar-refractivity contribution in [2.24, 2.45) is 0 Å². The zero-order valence-electron chi connectivity index (χ0n) is 19.6. The van der Waals surface area contributed by atoms with E-state index in [2.05, 4.69) is 20.5 Å². The summed E-state index contributed by atoms with van der Waals surface area (Å²) in [6.07, 6.45) is 4.11. The largest absolute Gasteiger partial charge is 0.469 e. The highest BCUT2D eigenvalue weighted by Crippen LogP contribution is 2.34. The van der Waals surface area contributed by atoms with Gasteiger partial charge >= 0.3 is 5.97 Å². The van der Waals surface area contributed by atoms with E-state index < -0.39 is 0 Å². The lowest BCUT2D eigenvalue weighted by Crippen LogP contribution is -2.12. The number of nitrogens with one attached hydrogen (secondary N) is 2. The van der Waals surface area contributed by atoms with Gasteiger partial charge in [-0.3, -0.25) is 9.59 Å². The van der Waals surface area contributed by atoms with Gasteiger partial charge in [-0.2, -0.15) is 5.10 Å². The Morgan fingerprint density at radius 2 is 1.74 bits per heavy atom. The molecule has 0 unspecified atom stereocenters. The van der Waals surface area contributed by atoms with Crippen LogP contribution in [-0.2, 0) is 14.3 Å². The Morgan fingerprint density at radius 3 is 2.46 bits per heavy atom. The fourth-order valence-corrected chi connectivity index (χ4v) is 3.64. The molecule has 0 spiro atoms. The second-order valence-electron chi connectivity index (χ2n) is 7.98. The highest BCUT2D eigenvalue weighted by Gasteiger charge is 2.16. The van der Waals surface area contributed by atoms with Crippen LogP contribution in [0.1, 0.15) is 24.8 Å². The molecule has 35 heavy (non-hydrogen) atoms. The summed E-state index contributed by atoms with van der Waals surface area (Å²) in [6.45, 7) is 1.89. The smallest absolute Gasteiger partial charge is 0.305 e. The van der Waals surface area contributed by atoms with Crippen LogP contribution in [0.3, 0.4) is 0 Å². The van der Waals surface area contributed by atoms with Crippen LogP contribution in [0.25, 0.3) is 5.52 Å². The van der Waals surface area contributed by atoms with Gasteiger partial charge in [-0.25, -0.2) is 4.52 Å². The van der Waals surface area contributed by atoms with Crippen molar-refractivity contribution in [1.82, 2.24) is 9.61 Å². The van der Waals surface area contributed by atoms with E-state index in [1.807, 2.05) is 61.5 Å². The summed E-state index contributed by atoms with van der Waals surface area (Å²) in [4.78, 5) is 23.6. The molecule has 0 aliphatic carbocycles. The van der Waals surface area contributed by atoms with Crippen molar-refractivity contribution in [1.29, 1.82) is 0 Å². The first-order valence-corrected chi connectivity index (χ1v) is 11.2. The van der Waals surface area contributed by atoms with Crippen molar-refractivity contribution in [2.75, 3.05) is 23.5 Å². The van der Waals surface area contributed by atoms with Crippen molar-refractivity contribution in [2.45, 2.75) is 26.2 Å². The molecular weight excluding hydrogens is 446 g/mol. The molecule has 0 aliphatic heterocycles. The second-order valence-corrected chi connectivity index (χ2v) is 7.98. The number of hydrogen-bond donors (Lipinski definition) is 3. The van der Waals surface area contributed by atoms with Crippen molar-refractivity contribution in [3.63, 3.8) is 0 Å². The minimum Gasteiger partial charge on any atom is -0.469 e. The van der Waals surface area contributed by atoms with E-state index in [4.69, 9.17) is 10.5 Å². The number of carbonyl (C=O) groups is 2. The van der Waals surface area contributed by atoms with Crippen LogP contribution in [0.15, 0.2) is 67.0 Å². The summed E-state index contributed by atoms with van der Waals surface area (Å²) >= 11 is 0. The lowest BCUT2D eigenvalue weighted by molar-refractivity contribution is -0.140. The topological polar surface area (TPSA) is 120 Å². The first-order valence-electron chi connectivity index (χ1n) is 11.2. The molecular formula is C26H27N5O4. The van der Waals surface area contributed by atoms with Crippen LogP contribution in [0.2, 0.25) is 0 Å². The Morgan fingerprint density at radius 1 is 1.03 bits per heavy atom. The van der Waals surface area contributed by atoms with Crippen LogP contribution < -0.4 is 21.1 Å². The summed E-state index contributed by atoms with van der Waals surface area (Å²) in [5.41, 5.74) is 10.4. The summed E-state index contributed by atoms with van der Waals surface area (Å²) in [5, 5.41) is 10.6. The molecule has 0 saturated heterocycles. The van der Waals surface area contributed by atoms with Gasteiger partial charge in [0, 0.05) is 24.1 Å². The molecule has 4 rings (SSSR count). The number of fused-ring (bicyclic) bond motifs is 1. The number of carbonyl (C=O) groups excluding carboxylic acids is 2. The molecule has 0 atom stereocenters. The molecule has 2 aromatic heterocycles. The molecule has 0 saturated carbocycles. The van der Waals surface area contributed by atoms with E-state index in [-0.39, 0.29) is 24.7 Å².